The third kappa shape index (κ3) is 4.89. The van der Waals surface area contributed by atoms with Gasteiger partial charge in [-0.05, 0) is 54.5 Å². The molecule has 0 radical (unpaired) electrons. The van der Waals surface area contributed by atoms with Crippen LogP contribution in [0.1, 0.15) is 49.1 Å². The topological polar surface area (TPSA) is 108 Å². The fraction of sp³-hybridized carbons (Fsp3) is 0.444. The zero-order valence-electron chi connectivity index (χ0n) is 19.7. The van der Waals surface area contributed by atoms with Gasteiger partial charge in [0.25, 0.3) is 0 Å². The number of piperidine rings is 1. The minimum atomic E-state index is -1.01. The minimum Gasteiger partial charge on any atom is -0.481 e. The zero-order chi connectivity index (χ0) is 24.4. The molecule has 35 heavy (non-hydrogen) atoms. The maximum absolute atomic E-state index is 13.1. The van der Waals surface area contributed by atoms with E-state index >= 15 is 0 Å². The third-order valence-electron chi connectivity index (χ3n) is 7.55. The molecule has 3 unspecified atom stereocenters. The second kappa shape index (κ2) is 9.70. The van der Waals surface area contributed by atoms with Crippen LogP contribution in [0.25, 0.3) is 11.1 Å². The molecule has 2 heterocycles. The number of carboxylic acid groups (broad SMARTS) is 1. The van der Waals surface area contributed by atoms with Crippen molar-refractivity contribution in [3.05, 3.63) is 59.7 Å². The van der Waals surface area contributed by atoms with Gasteiger partial charge in [0.1, 0.15) is 12.6 Å². The van der Waals surface area contributed by atoms with E-state index in [1.54, 1.807) is 0 Å². The van der Waals surface area contributed by atoms with Crippen LogP contribution < -0.4 is 10.6 Å². The first-order valence-corrected chi connectivity index (χ1v) is 12.3. The third-order valence-corrected chi connectivity index (χ3v) is 7.55. The predicted molar refractivity (Wildman–Crippen MR) is 130 cm³/mol. The van der Waals surface area contributed by atoms with Gasteiger partial charge in [-0.3, -0.25) is 9.59 Å². The Bertz CT molecular complexity index is 1090. The van der Waals surface area contributed by atoms with Gasteiger partial charge in [-0.25, -0.2) is 4.79 Å². The van der Waals surface area contributed by atoms with Gasteiger partial charge in [0.15, 0.2) is 0 Å². The lowest BCUT2D eigenvalue weighted by Crippen LogP contribution is -2.58. The van der Waals surface area contributed by atoms with Crippen molar-refractivity contribution in [2.75, 3.05) is 26.2 Å². The number of amides is 2. The van der Waals surface area contributed by atoms with Crippen LogP contribution in [0.5, 0.6) is 0 Å². The van der Waals surface area contributed by atoms with Crippen molar-refractivity contribution in [1.29, 1.82) is 0 Å². The Hall–Kier alpha value is -3.39. The fourth-order valence-electron chi connectivity index (χ4n) is 5.83. The number of alkyl carbamates (subject to hydrolysis) is 1. The maximum Gasteiger partial charge on any atom is 0.407 e. The van der Waals surface area contributed by atoms with Crippen LogP contribution in [0.4, 0.5) is 4.79 Å². The summed E-state index contributed by atoms with van der Waals surface area (Å²) in [5.41, 5.74) is 4.17. The molecule has 184 valence electrons. The van der Waals surface area contributed by atoms with Gasteiger partial charge in [0.05, 0.1) is 5.54 Å². The molecule has 0 spiro atoms. The molecule has 2 aromatic rings. The molecule has 2 bridgehead atoms. The average Bonchev–Trinajstić information content (AvgIpc) is 3.33. The molecular weight excluding hydrogens is 446 g/mol. The summed E-state index contributed by atoms with van der Waals surface area (Å²) in [6.07, 6.45) is 1.85. The molecule has 8 heteroatoms. The predicted octanol–water partition coefficient (Wildman–Crippen LogP) is 3.11. The summed E-state index contributed by atoms with van der Waals surface area (Å²) in [5, 5.41) is 14.9. The van der Waals surface area contributed by atoms with Crippen LogP contribution in [0.15, 0.2) is 48.5 Å². The summed E-state index contributed by atoms with van der Waals surface area (Å²) < 4.78 is 5.59. The highest BCUT2D eigenvalue weighted by atomic mass is 16.5. The minimum absolute atomic E-state index is 0.00512. The molecule has 2 amide bonds. The van der Waals surface area contributed by atoms with Crippen LogP contribution in [-0.2, 0) is 14.3 Å². The van der Waals surface area contributed by atoms with Gasteiger partial charge in [0, 0.05) is 25.4 Å². The van der Waals surface area contributed by atoms with Crippen molar-refractivity contribution < 1.29 is 24.2 Å². The Kier molecular flexibility index (Phi) is 6.47. The number of fused-ring (bicyclic) bond motifs is 5. The number of benzene rings is 2. The van der Waals surface area contributed by atoms with Crippen LogP contribution in [-0.4, -0.2) is 65.8 Å². The summed E-state index contributed by atoms with van der Waals surface area (Å²) >= 11 is 0. The molecular formula is C27H31N3O5. The Morgan fingerprint density at radius 3 is 2.40 bits per heavy atom. The number of carbonyl (C=O) groups excluding carboxylic acids is 2. The normalized spacial score (nSPS) is 23.1. The van der Waals surface area contributed by atoms with Crippen molar-refractivity contribution in [1.82, 2.24) is 15.5 Å². The quantitative estimate of drug-likeness (QED) is 0.539. The highest BCUT2D eigenvalue weighted by molar-refractivity contribution is 5.87. The summed E-state index contributed by atoms with van der Waals surface area (Å²) in [7, 11) is 0. The van der Waals surface area contributed by atoms with Gasteiger partial charge >= 0.3 is 12.1 Å². The molecule has 1 aliphatic carbocycles. The van der Waals surface area contributed by atoms with Crippen LogP contribution >= 0.6 is 0 Å². The van der Waals surface area contributed by atoms with Crippen molar-refractivity contribution in [3.8, 4) is 11.1 Å². The summed E-state index contributed by atoms with van der Waals surface area (Å²) in [4.78, 5) is 39.4. The van der Waals surface area contributed by atoms with Crippen molar-refractivity contribution in [3.63, 3.8) is 0 Å². The molecule has 5 rings (SSSR count). The first-order chi connectivity index (χ1) is 16.9. The molecule has 2 saturated heterocycles. The summed E-state index contributed by atoms with van der Waals surface area (Å²) in [6, 6.07) is 15.2. The molecule has 3 N–H and O–H groups in total. The van der Waals surface area contributed by atoms with E-state index < -0.39 is 18.1 Å². The number of carbonyl (C=O) groups is 3. The van der Waals surface area contributed by atoms with E-state index in [4.69, 9.17) is 9.84 Å². The lowest BCUT2D eigenvalue weighted by Gasteiger charge is -2.36. The van der Waals surface area contributed by atoms with E-state index in [9.17, 15) is 14.4 Å². The van der Waals surface area contributed by atoms with E-state index in [0.29, 0.717) is 0 Å². The fourth-order valence-corrected chi connectivity index (χ4v) is 5.83. The van der Waals surface area contributed by atoms with Crippen molar-refractivity contribution in [2.45, 2.75) is 49.6 Å². The van der Waals surface area contributed by atoms with Gasteiger partial charge in [-0.1, -0.05) is 48.5 Å². The van der Waals surface area contributed by atoms with Gasteiger partial charge in [-0.15, -0.1) is 0 Å². The number of nitrogens with zero attached hydrogens (tertiary/aromatic N) is 1. The molecule has 2 aromatic carbocycles. The van der Waals surface area contributed by atoms with E-state index in [0.717, 1.165) is 61.2 Å². The Morgan fingerprint density at radius 2 is 1.71 bits per heavy atom. The standard InChI is InChI=1S/C27H31N3O5/c31-24(32)11-10-23(25(33)29-27-12-5-14-30(17-27)15-13-27)28-26(34)35-16-22-20-8-3-1-6-18(20)19-7-2-4-9-21(19)22/h1-4,6-9,22-23H,5,10-17H2,(H,28,34)(H,29,33)(H,31,32). The van der Waals surface area contributed by atoms with E-state index in [-0.39, 0.29) is 36.8 Å². The lowest BCUT2D eigenvalue weighted by molar-refractivity contribution is -0.137. The van der Waals surface area contributed by atoms with E-state index in [1.807, 2.05) is 36.4 Å². The van der Waals surface area contributed by atoms with Crippen LogP contribution in [0, 0.1) is 0 Å². The number of hydrogen-bond donors (Lipinski definition) is 3. The Morgan fingerprint density at radius 1 is 1.03 bits per heavy atom. The molecule has 3 aliphatic rings. The monoisotopic (exact) mass is 477 g/mol. The van der Waals surface area contributed by atoms with Crippen molar-refractivity contribution >= 4 is 18.0 Å². The summed E-state index contributed by atoms with van der Waals surface area (Å²) in [5.74, 6) is -1.45. The number of nitrogens with one attached hydrogen (secondary N) is 2. The maximum atomic E-state index is 13.1. The molecule has 8 nitrogen and oxygen atoms in total. The highest BCUT2D eigenvalue weighted by Crippen LogP contribution is 2.44. The Labute approximate surface area is 204 Å². The second-order valence-electron chi connectivity index (χ2n) is 9.85. The second-order valence-corrected chi connectivity index (χ2v) is 9.85. The summed E-state index contributed by atoms with van der Waals surface area (Å²) in [6.45, 7) is 2.92. The van der Waals surface area contributed by atoms with Gasteiger partial charge in [0.2, 0.25) is 5.91 Å². The first kappa shape index (κ1) is 23.4. The van der Waals surface area contributed by atoms with E-state index in [2.05, 4.69) is 27.7 Å². The molecule has 3 atom stereocenters. The smallest absolute Gasteiger partial charge is 0.407 e. The largest absolute Gasteiger partial charge is 0.481 e. The SMILES string of the molecule is O=C(O)CCC(NC(=O)OCC1c2ccccc2-c2ccccc21)C(=O)NC12CCCN(CC1)C2. The molecule has 2 fully saturated rings. The number of carboxylic acids is 1. The molecule has 0 aromatic heterocycles. The number of rotatable bonds is 8. The molecule has 2 aliphatic heterocycles. The van der Waals surface area contributed by atoms with Crippen LogP contribution in [0.2, 0.25) is 0 Å². The van der Waals surface area contributed by atoms with Gasteiger partial charge in [-0.2, -0.15) is 0 Å². The van der Waals surface area contributed by atoms with Gasteiger partial charge < -0.3 is 25.4 Å². The lowest BCUT2D eigenvalue weighted by atomic mass is 9.90. The Balaban J connectivity index is 1.24. The first-order valence-electron chi connectivity index (χ1n) is 12.3. The number of ether oxygens (including phenoxy) is 1. The van der Waals surface area contributed by atoms with Crippen molar-refractivity contribution in [2.24, 2.45) is 0 Å². The zero-order valence-corrected chi connectivity index (χ0v) is 19.7. The molecule has 0 saturated carbocycles. The highest BCUT2D eigenvalue weighted by Gasteiger charge is 2.43. The number of aliphatic carboxylic acids is 1. The number of hydrogen-bond acceptors (Lipinski definition) is 5. The van der Waals surface area contributed by atoms with Crippen LogP contribution in [0.3, 0.4) is 0 Å². The average molecular weight is 478 g/mol. The van der Waals surface area contributed by atoms with E-state index in [1.165, 1.54) is 0 Å².